The lowest BCUT2D eigenvalue weighted by Gasteiger charge is -2.26. The van der Waals surface area contributed by atoms with E-state index in [0.717, 1.165) is 17.8 Å². The largest absolute Gasteiger partial charge is 0.122 e. The standard InChI is InChI=1S/C15H27Cl/c1-15(2,3)14(16)6-4-5-12-9-11-7-8-13(12)10-11/h11-14H,4-10H2,1-3H3. The lowest BCUT2D eigenvalue weighted by atomic mass is 9.83. The topological polar surface area (TPSA) is 0 Å². The van der Waals surface area contributed by atoms with E-state index in [2.05, 4.69) is 20.8 Å². The fourth-order valence-corrected chi connectivity index (χ4v) is 3.88. The fraction of sp³-hybridized carbons (Fsp3) is 1.00. The third-order valence-corrected chi connectivity index (χ3v) is 5.73. The number of hydrogen-bond donors (Lipinski definition) is 0. The fourth-order valence-electron chi connectivity index (χ4n) is 3.72. The predicted octanol–water partition coefficient (Wildman–Crippen LogP) is 5.25. The van der Waals surface area contributed by atoms with Gasteiger partial charge in [-0.25, -0.2) is 0 Å². The lowest BCUT2D eigenvalue weighted by molar-refractivity contribution is 0.293. The summed E-state index contributed by atoms with van der Waals surface area (Å²) in [7, 11) is 0. The number of hydrogen-bond acceptors (Lipinski definition) is 0. The predicted molar refractivity (Wildman–Crippen MR) is 71.9 cm³/mol. The third kappa shape index (κ3) is 2.94. The first kappa shape index (κ1) is 12.7. The summed E-state index contributed by atoms with van der Waals surface area (Å²) >= 11 is 6.42. The summed E-state index contributed by atoms with van der Waals surface area (Å²) in [4.78, 5) is 0. The van der Waals surface area contributed by atoms with Gasteiger partial charge in [-0.3, -0.25) is 0 Å². The van der Waals surface area contributed by atoms with E-state index in [0.29, 0.717) is 5.38 Å². The maximum Gasteiger partial charge on any atom is 0.0384 e. The zero-order valence-corrected chi connectivity index (χ0v) is 11.9. The highest BCUT2D eigenvalue weighted by Gasteiger charge is 2.38. The first-order chi connectivity index (χ1) is 7.47. The van der Waals surface area contributed by atoms with Crippen LogP contribution in [0.25, 0.3) is 0 Å². The Morgan fingerprint density at radius 2 is 1.94 bits per heavy atom. The average molecular weight is 243 g/mol. The summed E-state index contributed by atoms with van der Waals surface area (Å²) in [5.41, 5.74) is 0.274. The maximum atomic E-state index is 6.42. The van der Waals surface area contributed by atoms with Crippen LogP contribution < -0.4 is 0 Å². The number of rotatable bonds is 4. The Morgan fingerprint density at radius 3 is 2.44 bits per heavy atom. The van der Waals surface area contributed by atoms with Crippen molar-refractivity contribution in [3.8, 4) is 0 Å². The molecule has 4 atom stereocenters. The Hall–Kier alpha value is 0.290. The van der Waals surface area contributed by atoms with Crippen molar-refractivity contribution < 1.29 is 0 Å². The van der Waals surface area contributed by atoms with Gasteiger partial charge in [0.2, 0.25) is 0 Å². The van der Waals surface area contributed by atoms with E-state index in [-0.39, 0.29) is 5.41 Å². The van der Waals surface area contributed by atoms with E-state index in [1.807, 2.05) is 0 Å². The van der Waals surface area contributed by atoms with E-state index in [1.54, 1.807) is 6.42 Å². The van der Waals surface area contributed by atoms with Gasteiger partial charge in [-0.15, -0.1) is 11.6 Å². The van der Waals surface area contributed by atoms with Gasteiger partial charge in [-0.2, -0.15) is 0 Å². The summed E-state index contributed by atoms with van der Waals surface area (Å²) in [5, 5.41) is 0.353. The SMILES string of the molecule is CC(C)(C)C(Cl)CCCC1CC2CCC1C2. The van der Waals surface area contributed by atoms with E-state index >= 15 is 0 Å². The molecule has 0 heterocycles. The van der Waals surface area contributed by atoms with Gasteiger partial charge in [0.1, 0.15) is 0 Å². The van der Waals surface area contributed by atoms with E-state index in [1.165, 1.54) is 38.5 Å². The van der Waals surface area contributed by atoms with Gasteiger partial charge in [0.05, 0.1) is 0 Å². The zero-order chi connectivity index (χ0) is 11.8. The van der Waals surface area contributed by atoms with E-state index in [4.69, 9.17) is 11.6 Å². The average Bonchev–Trinajstić information content (AvgIpc) is 2.77. The first-order valence-corrected chi connectivity index (χ1v) is 7.54. The maximum absolute atomic E-state index is 6.42. The van der Waals surface area contributed by atoms with E-state index in [9.17, 15) is 0 Å². The van der Waals surface area contributed by atoms with Crippen molar-refractivity contribution in [2.75, 3.05) is 0 Å². The van der Waals surface area contributed by atoms with Crippen LogP contribution in [0.4, 0.5) is 0 Å². The molecule has 4 unspecified atom stereocenters. The van der Waals surface area contributed by atoms with Crippen LogP contribution in [0.5, 0.6) is 0 Å². The molecule has 0 saturated heterocycles. The normalized spacial score (nSPS) is 35.6. The lowest BCUT2D eigenvalue weighted by Crippen LogP contribution is -2.21. The number of halogens is 1. The Labute approximate surface area is 106 Å². The number of fused-ring (bicyclic) bond motifs is 2. The molecule has 1 heteroatoms. The van der Waals surface area contributed by atoms with Crippen LogP contribution in [-0.2, 0) is 0 Å². The van der Waals surface area contributed by atoms with Crippen LogP contribution in [0.3, 0.4) is 0 Å². The second kappa shape index (κ2) is 4.88. The van der Waals surface area contributed by atoms with Crippen molar-refractivity contribution >= 4 is 11.6 Å². The molecule has 0 aliphatic heterocycles. The molecular weight excluding hydrogens is 216 g/mol. The molecule has 0 aromatic rings. The van der Waals surface area contributed by atoms with Crippen molar-refractivity contribution in [3.05, 3.63) is 0 Å². The van der Waals surface area contributed by atoms with Crippen molar-refractivity contribution in [2.24, 2.45) is 23.2 Å². The van der Waals surface area contributed by atoms with Gasteiger partial charge < -0.3 is 0 Å². The first-order valence-electron chi connectivity index (χ1n) is 7.11. The highest BCUT2D eigenvalue weighted by atomic mass is 35.5. The monoisotopic (exact) mass is 242 g/mol. The summed E-state index contributed by atoms with van der Waals surface area (Å²) in [5.74, 6) is 3.25. The molecule has 0 nitrogen and oxygen atoms in total. The van der Waals surface area contributed by atoms with Crippen LogP contribution in [0.2, 0.25) is 0 Å². The summed E-state index contributed by atoms with van der Waals surface area (Å²) in [6.45, 7) is 6.76. The molecule has 2 aliphatic rings. The summed E-state index contributed by atoms with van der Waals surface area (Å²) in [6.07, 6.45) is 10.1. The Morgan fingerprint density at radius 1 is 1.19 bits per heavy atom. The van der Waals surface area contributed by atoms with Crippen molar-refractivity contribution in [1.82, 2.24) is 0 Å². The minimum atomic E-state index is 0.274. The molecular formula is C15H27Cl. The molecule has 0 aromatic carbocycles. The second-order valence-corrected chi connectivity index (χ2v) is 7.73. The highest BCUT2D eigenvalue weighted by Crippen LogP contribution is 2.50. The van der Waals surface area contributed by atoms with E-state index < -0.39 is 0 Å². The molecule has 0 amide bonds. The van der Waals surface area contributed by atoms with Crippen molar-refractivity contribution in [3.63, 3.8) is 0 Å². The third-order valence-electron chi connectivity index (χ3n) is 4.86. The van der Waals surface area contributed by atoms with Crippen LogP contribution in [0, 0.1) is 23.2 Å². The zero-order valence-electron chi connectivity index (χ0n) is 11.1. The summed E-state index contributed by atoms with van der Waals surface area (Å²) < 4.78 is 0. The second-order valence-electron chi connectivity index (χ2n) is 7.20. The van der Waals surface area contributed by atoms with Crippen molar-refractivity contribution in [1.29, 1.82) is 0 Å². The molecule has 2 bridgehead atoms. The molecule has 2 saturated carbocycles. The molecule has 16 heavy (non-hydrogen) atoms. The Bertz CT molecular complexity index is 228. The number of alkyl halides is 1. The minimum Gasteiger partial charge on any atom is -0.122 e. The molecule has 94 valence electrons. The quantitative estimate of drug-likeness (QED) is 0.591. The van der Waals surface area contributed by atoms with Gasteiger partial charge in [-0.1, -0.05) is 40.0 Å². The minimum absolute atomic E-state index is 0.274. The Balaban J connectivity index is 1.65. The van der Waals surface area contributed by atoms with Gasteiger partial charge in [0.25, 0.3) is 0 Å². The van der Waals surface area contributed by atoms with Crippen molar-refractivity contribution in [2.45, 2.75) is 71.1 Å². The van der Waals surface area contributed by atoms with Gasteiger partial charge >= 0.3 is 0 Å². The molecule has 0 radical (unpaired) electrons. The van der Waals surface area contributed by atoms with Crippen LogP contribution in [-0.4, -0.2) is 5.38 Å². The van der Waals surface area contributed by atoms with Gasteiger partial charge in [0.15, 0.2) is 0 Å². The van der Waals surface area contributed by atoms with Crippen LogP contribution in [0.15, 0.2) is 0 Å². The Kier molecular flexibility index (Phi) is 3.89. The molecule has 2 aliphatic carbocycles. The molecule has 0 spiro atoms. The van der Waals surface area contributed by atoms with Gasteiger partial charge in [-0.05, 0) is 48.9 Å². The molecule has 0 N–H and O–H groups in total. The highest BCUT2D eigenvalue weighted by molar-refractivity contribution is 6.21. The van der Waals surface area contributed by atoms with Crippen LogP contribution >= 0.6 is 11.6 Å². The summed E-state index contributed by atoms with van der Waals surface area (Å²) in [6, 6.07) is 0. The van der Waals surface area contributed by atoms with Crippen LogP contribution in [0.1, 0.15) is 65.7 Å². The molecule has 2 rings (SSSR count). The smallest absolute Gasteiger partial charge is 0.0384 e. The molecule has 0 aromatic heterocycles. The molecule has 2 fully saturated rings. The van der Waals surface area contributed by atoms with Gasteiger partial charge in [0, 0.05) is 5.38 Å².